The normalized spacial score (nSPS) is 13.9. The molecule has 17 heavy (non-hydrogen) atoms. The lowest BCUT2D eigenvalue weighted by Gasteiger charge is -2.10. The van der Waals surface area contributed by atoms with E-state index in [-0.39, 0.29) is 5.91 Å². The van der Waals surface area contributed by atoms with E-state index >= 15 is 0 Å². The molecule has 0 radical (unpaired) electrons. The number of benzene rings is 1. The average Bonchev–Trinajstić information content (AvgIpc) is 3.00. The molecule has 1 aromatic rings. The molecule has 4 nitrogen and oxygen atoms in total. The highest BCUT2D eigenvalue weighted by molar-refractivity contribution is 7.80. The van der Waals surface area contributed by atoms with Crippen molar-refractivity contribution >= 4 is 34.6 Å². The van der Waals surface area contributed by atoms with Crippen molar-refractivity contribution in [2.75, 3.05) is 10.6 Å². The Bertz CT molecular complexity index is 443. The van der Waals surface area contributed by atoms with Crippen molar-refractivity contribution in [1.82, 2.24) is 5.32 Å². The molecule has 1 aromatic carbocycles. The van der Waals surface area contributed by atoms with Gasteiger partial charge in [-0.1, -0.05) is 6.07 Å². The van der Waals surface area contributed by atoms with Gasteiger partial charge in [0.1, 0.15) is 0 Å². The molecule has 0 unspecified atom stereocenters. The van der Waals surface area contributed by atoms with E-state index in [4.69, 9.17) is 12.2 Å². The predicted molar refractivity (Wildman–Crippen MR) is 73.1 cm³/mol. The first-order chi connectivity index (χ1) is 8.13. The monoisotopic (exact) mass is 249 g/mol. The average molecular weight is 249 g/mol. The Labute approximate surface area is 106 Å². The van der Waals surface area contributed by atoms with E-state index in [0.29, 0.717) is 11.2 Å². The van der Waals surface area contributed by atoms with Crippen LogP contribution >= 0.6 is 12.2 Å². The lowest BCUT2D eigenvalue weighted by Crippen LogP contribution is -2.30. The largest absolute Gasteiger partial charge is 0.360 e. The van der Waals surface area contributed by atoms with Gasteiger partial charge < -0.3 is 16.0 Å². The first kappa shape index (κ1) is 11.9. The zero-order valence-corrected chi connectivity index (χ0v) is 10.4. The molecular formula is C12H15N3OS. The zero-order valence-electron chi connectivity index (χ0n) is 9.62. The van der Waals surface area contributed by atoms with Gasteiger partial charge in [0.25, 0.3) is 0 Å². The number of amides is 1. The summed E-state index contributed by atoms with van der Waals surface area (Å²) in [6.07, 6.45) is 2.38. The van der Waals surface area contributed by atoms with Gasteiger partial charge in [0.05, 0.1) is 0 Å². The molecule has 0 saturated heterocycles. The van der Waals surface area contributed by atoms with Crippen molar-refractivity contribution < 1.29 is 4.79 Å². The van der Waals surface area contributed by atoms with E-state index in [2.05, 4.69) is 16.0 Å². The molecule has 1 fully saturated rings. The third-order valence-electron chi connectivity index (χ3n) is 2.35. The number of carbonyl (C=O) groups excluding carboxylic acids is 1. The molecule has 1 amide bonds. The molecule has 90 valence electrons. The van der Waals surface area contributed by atoms with E-state index in [0.717, 1.165) is 11.4 Å². The highest BCUT2D eigenvalue weighted by atomic mass is 32.1. The molecule has 5 heteroatoms. The minimum Gasteiger partial charge on any atom is -0.360 e. The van der Waals surface area contributed by atoms with Gasteiger partial charge in [-0.15, -0.1) is 0 Å². The van der Waals surface area contributed by atoms with Crippen molar-refractivity contribution in [3.63, 3.8) is 0 Å². The Morgan fingerprint density at radius 3 is 2.53 bits per heavy atom. The molecule has 1 aliphatic carbocycles. The maximum absolute atomic E-state index is 10.9. The fraction of sp³-hybridized carbons (Fsp3) is 0.333. The summed E-state index contributed by atoms with van der Waals surface area (Å²) in [5.41, 5.74) is 1.63. The second-order valence-electron chi connectivity index (χ2n) is 4.13. The topological polar surface area (TPSA) is 53.2 Å². The Kier molecular flexibility index (Phi) is 3.58. The molecule has 3 N–H and O–H groups in total. The fourth-order valence-corrected chi connectivity index (χ4v) is 1.74. The van der Waals surface area contributed by atoms with Gasteiger partial charge in [-0.25, -0.2) is 0 Å². The first-order valence-electron chi connectivity index (χ1n) is 5.58. The summed E-state index contributed by atoms with van der Waals surface area (Å²) in [5.74, 6) is -0.0826. The van der Waals surface area contributed by atoms with Crippen LogP contribution in [0, 0.1) is 0 Å². The van der Waals surface area contributed by atoms with Gasteiger partial charge in [0, 0.05) is 24.3 Å². The van der Waals surface area contributed by atoms with Crippen molar-refractivity contribution in [2.45, 2.75) is 25.8 Å². The van der Waals surface area contributed by atoms with Crippen LogP contribution in [0.4, 0.5) is 11.4 Å². The molecule has 2 rings (SSSR count). The van der Waals surface area contributed by atoms with Crippen molar-refractivity contribution in [3.8, 4) is 0 Å². The van der Waals surface area contributed by atoms with E-state index in [1.54, 1.807) is 0 Å². The molecule has 0 bridgehead atoms. The molecule has 1 saturated carbocycles. The molecule has 0 atom stereocenters. The lowest BCUT2D eigenvalue weighted by molar-refractivity contribution is -0.114. The molecular weight excluding hydrogens is 234 g/mol. The third-order valence-corrected chi connectivity index (χ3v) is 2.57. The van der Waals surface area contributed by atoms with Crippen molar-refractivity contribution in [1.29, 1.82) is 0 Å². The summed E-state index contributed by atoms with van der Waals surface area (Å²) in [5, 5.41) is 9.65. The highest BCUT2D eigenvalue weighted by Crippen LogP contribution is 2.19. The standard InChI is InChI=1S/C12H15N3OS/c1-8(16)13-10-3-2-4-11(7-10)15-12(17)14-9-5-6-9/h2-4,7,9H,5-6H2,1H3,(H,13,16)(H2,14,15,17). The number of anilines is 2. The van der Waals surface area contributed by atoms with E-state index in [9.17, 15) is 4.79 Å². The molecule has 1 aliphatic rings. The van der Waals surface area contributed by atoms with Gasteiger partial charge in [-0.3, -0.25) is 4.79 Å². The van der Waals surface area contributed by atoms with Gasteiger partial charge >= 0.3 is 0 Å². The second kappa shape index (κ2) is 5.14. The Morgan fingerprint density at radius 2 is 1.94 bits per heavy atom. The maximum Gasteiger partial charge on any atom is 0.221 e. The summed E-state index contributed by atoms with van der Waals surface area (Å²) in [6.45, 7) is 1.49. The third kappa shape index (κ3) is 4.03. The van der Waals surface area contributed by atoms with Crippen LogP contribution in [0.3, 0.4) is 0 Å². The van der Waals surface area contributed by atoms with Gasteiger partial charge in [0.15, 0.2) is 5.11 Å². The van der Waals surface area contributed by atoms with Crippen LogP contribution in [-0.4, -0.2) is 17.1 Å². The van der Waals surface area contributed by atoms with Gasteiger partial charge in [-0.2, -0.15) is 0 Å². The summed E-state index contributed by atoms with van der Waals surface area (Å²) in [7, 11) is 0. The van der Waals surface area contributed by atoms with E-state index in [1.807, 2.05) is 24.3 Å². The van der Waals surface area contributed by atoms with Crippen LogP contribution in [0.5, 0.6) is 0 Å². The number of hydrogen-bond donors (Lipinski definition) is 3. The molecule has 0 spiro atoms. The minimum absolute atomic E-state index is 0.0826. The summed E-state index contributed by atoms with van der Waals surface area (Å²) >= 11 is 5.17. The molecule has 0 aromatic heterocycles. The SMILES string of the molecule is CC(=O)Nc1cccc(NC(=S)NC2CC2)c1. The summed E-state index contributed by atoms with van der Waals surface area (Å²) in [4.78, 5) is 10.9. The predicted octanol–water partition coefficient (Wildman–Crippen LogP) is 2.09. The van der Waals surface area contributed by atoms with E-state index in [1.165, 1.54) is 19.8 Å². The van der Waals surface area contributed by atoms with Gasteiger partial charge in [0.2, 0.25) is 5.91 Å². The molecule has 0 heterocycles. The zero-order chi connectivity index (χ0) is 12.3. The fourth-order valence-electron chi connectivity index (χ4n) is 1.46. The minimum atomic E-state index is -0.0826. The first-order valence-corrected chi connectivity index (χ1v) is 5.99. The number of thiocarbonyl (C=S) groups is 1. The van der Waals surface area contributed by atoms with Crippen LogP contribution in [0.2, 0.25) is 0 Å². The van der Waals surface area contributed by atoms with E-state index < -0.39 is 0 Å². The van der Waals surface area contributed by atoms with Crippen LogP contribution in [0.15, 0.2) is 24.3 Å². The smallest absolute Gasteiger partial charge is 0.221 e. The Morgan fingerprint density at radius 1 is 1.29 bits per heavy atom. The lowest BCUT2D eigenvalue weighted by atomic mass is 10.3. The van der Waals surface area contributed by atoms with Crippen molar-refractivity contribution in [2.24, 2.45) is 0 Å². The summed E-state index contributed by atoms with van der Waals surface area (Å²) in [6, 6.07) is 8.00. The highest BCUT2D eigenvalue weighted by Gasteiger charge is 2.21. The Hall–Kier alpha value is -1.62. The summed E-state index contributed by atoms with van der Waals surface area (Å²) < 4.78 is 0. The number of rotatable bonds is 3. The number of hydrogen-bond acceptors (Lipinski definition) is 2. The Balaban J connectivity index is 1.94. The quantitative estimate of drug-likeness (QED) is 0.718. The van der Waals surface area contributed by atoms with Crippen LogP contribution < -0.4 is 16.0 Å². The maximum atomic E-state index is 10.9. The van der Waals surface area contributed by atoms with Crippen LogP contribution in [0.25, 0.3) is 0 Å². The number of nitrogens with one attached hydrogen (secondary N) is 3. The second-order valence-corrected chi connectivity index (χ2v) is 4.54. The van der Waals surface area contributed by atoms with Crippen LogP contribution in [-0.2, 0) is 4.79 Å². The van der Waals surface area contributed by atoms with Crippen LogP contribution in [0.1, 0.15) is 19.8 Å². The van der Waals surface area contributed by atoms with Crippen molar-refractivity contribution in [3.05, 3.63) is 24.3 Å². The molecule has 0 aliphatic heterocycles. The number of carbonyl (C=O) groups is 1. The van der Waals surface area contributed by atoms with Gasteiger partial charge in [-0.05, 0) is 43.3 Å².